The first kappa shape index (κ1) is 22.5. The number of aliphatic imine (C=N–C) groups is 1. The number of guanidine groups is 1. The number of hydrogen-bond donors (Lipinski definition) is 2. The number of piperidine rings is 1. The Kier molecular flexibility index (Phi) is 10.7. The lowest BCUT2D eigenvalue weighted by atomic mass is 9.86. The number of esters is 1. The number of ether oxygens (including phenoxy) is 1. The van der Waals surface area contributed by atoms with Gasteiger partial charge in [-0.25, -0.2) is 0 Å². The first-order valence-electron chi connectivity index (χ1n) is 9.44. The van der Waals surface area contributed by atoms with E-state index < -0.39 is 0 Å². The van der Waals surface area contributed by atoms with E-state index in [1.807, 2.05) is 14.0 Å². The van der Waals surface area contributed by atoms with Gasteiger partial charge in [0.1, 0.15) is 0 Å². The molecule has 6 nitrogen and oxygen atoms in total. The zero-order chi connectivity index (χ0) is 17.4. The third kappa shape index (κ3) is 7.68. The first-order chi connectivity index (χ1) is 11.6. The Morgan fingerprint density at radius 1 is 1.24 bits per heavy atom. The molecule has 25 heavy (non-hydrogen) atoms. The molecule has 1 unspecified atom stereocenters. The van der Waals surface area contributed by atoms with E-state index in [-0.39, 0.29) is 35.9 Å². The van der Waals surface area contributed by atoms with Crippen LogP contribution in [0.4, 0.5) is 0 Å². The SMILES string of the molecule is CCOC(=O)C1CCC(NC(=NC)NCC2CCCN(C)C2)CC1.I. The summed E-state index contributed by atoms with van der Waals surface area (Å²) in [4.78, 5) is 18.6. The van der Waals surface area contributed by atoms with Crippen molar-refractivity contribution in [2.75, 3.05) is 40.3 Å². The van der Waals surface area contributed by atoms with Crippen LogP contribution in [-0.2, 0) is 9.53 Å². The third-order valence-electron chi connectivity index (χ3n) is 5.19. The minimum atomic E-state index is -0.0279. The summed E-state index contributed by atoms with van der Waals surface area (Å²) < 4.78 is 5.13. The lowest BCUT2D eigenvalue weighted by molar-refractivity contribution is -0.149. The number of nitrogens with zero attached hydrogens (tertiary/aromatic N) is 2. The van der Waals surface area contributed by atoms with Gasteiger partial charge in [0.15, 0.2) is 5.96 Å². The Morgan fingerprint density at radius 2 is 1.96 bits per heavy atom. The molecule has 1 aliphatic carbocycles. The summed E-state index contributed by atoms with van der Waals surface area (Å²) in [5.74, 6) is 1.64. The summed E-state index contributed by atoms with van der Waals surface area (Å²) in [6.07, 6.45) is 6.38. The van der Waals surface area contributed by atoms with Gasteiger partial charge in [-0.15, -0.1) is 24.0 Å². The number of carbonyl (C=O) groups excluding carboxylic acids is 1. The number of halogens is 1. The van der Waals surface area contributed by atoms with E-state index in [1.165, 1.54) is 19.4 Å². The van der Waals surface area contributed by atoms with E-state index in [4.69, 9.17) is 4.74 Å². The normalized spacial score (nSPS) is 28.0. The summed E-state index contributed by atoms with van der Waals surface area (Å²) in [6, 6.07) is 0.399. The molecule has 0 aromatic rings. The molecule has 2 N–H and O–H groups in total. The summed E-state index contributed by atoms with van der Waals surface area (Å²) in [5, 5.41) is 7.00. The summed E-state index contributed by atoms with van der Waals surface area (Å²) in [5.41, 5.74) is 0. The second-order valence-corrected chi connectivity index (χ2v) is 7.17. The fraction of sp³-hybridized carbons (Fsp3) is 0.889. The van der Waals surface area contributed by atoms with Gasteiger partial charge >= 0.3 is 5.97 Å². The van der Waals surface area contributed by atoms with Gasteiger partial charge in [0.05, 0.1) is 12.5 Å². The maximum Gasteiger partial charge on any atom is 0.308 e. The number of hydrogen-bond acceptors (Lipinski definition) is 4. The molecule has 0 aromatic carbocycles. The van der Waals surface area contributed by atoms with Crippen LogP contribution in [-0.4, -0.2) is 63.2 Å². The maximum atomic E-state index is 11.8. The Bertz CT molecular complexity index is 425. The van der Waals surface area contributed by atoms with Crippen molar-refractivity contribution in [2.24, 2.45) is 16.8 Å². The second kappa shape index (κ2) is 11.9. The Morgan fingerprint density at radius 3 is 2.56 bits per heavy atom. The molecular weight excluding hydrogens is 431 g/mol. The topological polar surface area (TPSA) is 66.0 Å². The van der Waals surface area contributed by atoms with Crippen molar-refractivity contribution in [3.05, 3.63) is 0 Å². The molecule has 1 heterocycles. The van der Waals surface area contributed by atoms with Crippen molar-refractivity contribution in [1.82, 2.24) is 15.5 Å². The average molecular weight is 466 g/mol. The van der Waals surface area contributed by atoms with Crippen molar-refractivity contribution in [3.63, 3.8) is 0 Å². The lowest BCUT2D eigenvalue weighted by Crippen LogP contribution is -2.48. The Labute approximate surface area is 169 Å². The molecule has 0 bridgehead atoms. The van der Waals surface area contributed by atoms with Crippen LogP contribution in [0.15, 0.2) is 4.99 Å². The summed E-state index contributed by atoms with van der Waals surface area (Å²) in [6.45, 7) is 5.69. The van der Waals surface area contributed by atoms with E-state index in [1.54, 1.807) is 0 Å². The third-order valence-corrected chi connectivity index (χ3v) is 5.19. The highest BCUT2D eigenvalue weighted by atomic mass is 127. The van der Waals surface area contributed by atoms with E-state index in [0.29, 0.717) is 18.6 Å². The average Bonchev–Trinajstić information content (AvgIpc) is 2.59. The fourth-order valence-electron chi connectivity index (χ4n) is 3.80. The minimum absolute atomic E-state index is 0. The van der Waals surface area contributed by atoms with Gasteiger partial charge in [-0.05, 0) is 65.0 Å². The maximum absolute atomic E-state index is 11.8. The molecule has 2 aliphatic rings. The molecule has 1 saturated carbocycles. The number of nitrogens with one attached hydrogen (secondary N) is 2. The van der Waals surface area contributed by atoms with Gasteiger partial charge < -0.3 is 20.3 Å². The molecular formula is C18H35IN4O2. The molecule has 0 radical (unpaired) electrons. The van der Waals surface area contributed by atoms with Crippen LogP contribution in [0.5, 0.6) is 0 Å². The van der Waals surface area contributed by atoms with Gasteiger partial charge in [0.25, 0.3) is 0 Å². The first-order valence-corrected chi connectivity index (χ1v) is 9.44. The molecule has 0 spiro atoms. The zero-order valence-corrected chi connectivity index (χ0v) is 18.3. The quantitative estimate of drug-likeness (QED) is 0.282. The van der Waals surface area contributed by atoms with Crippen LogP contribution in [0.2, 0.25) is 0 Å². The zero-order valence-electron chi connectivity index (χ0n) is 15.9. The molecule has 0 aromatic heterocycles. The van der Waals surface area contributed by atoms with Crippen molar-refractivity contribution < 1.29 is 9.53 Å². The van der Waals surface area contributed by atoms with E-state index >= 15 is 0 Å². The highest BCUT2D eigenvalue weighted by Gasteiger charge is 2.27. The van der Waals surface area contributed by atoms with Gasteiger partial charge in [-0.1, -0.05) is 0 Å². The van der Waals surface area contributed by atoms with Gasteiger partial charge in [0.2, 0.25) is 0 Å². The van der Waals surface area contributed by atoms with Crippen LogP contribution in [0, 0.1) is 11.8 Å². The minimum Gasteiger partial charge on any atom is -0.466 e. The predicted octanol–water partition coefficient (Wildman–Crippen LogP) is 2.23. The second-order valence-electron chi connectivity index (χ2n) is 7.17. The Hall–Kier alpha value is -0.570. The smallest absolute Gasteiger partial charge is 0.308 e. The summed E-state index contributed by atoms with van der Waals surface area (Å²) in [7, 11) is 4.02. The lowest BCUT2D eigenvalue weighted by Gasteiger charge is -2.31. The van der Waals surface area contributed by atoms with E-state index in [0.717, 1.165) is 44.7 Å². The van der Waals surface area contributed by atoms with E-state index in [2.05, 4.69) is 27.6 Å². The highest BCUT2D eigenvalue weighted by Crippen LogP contribution is 2.25. The predicted molar refractivity (Wildman–Crippen MR) is 113 cm³/mol. The van der Waals surface area contributed by atoms with Crippen molar-refractivity contribution in [3.8, 4) is 0 Å². The molecule has 1 saturated heterocycles. The fourth-order valence-corrected chi connectivity index (χ4v) is 3.80. The number of carbonyl (C=O) groups is 1. The standard InChI is InChI=1S/C18H34N4O2.HI/c1-4-24-17(23)15-7-9-16(10-8-15)21-18(19-2)20-12-14-6-5-11-22(3)13-14;/h14-16H,4-13H2,1-3H3,(H2,19,20,21);1H. The molecule has 1 atom stereocenters. The molecule has 7 heteroatoms. The molecule has 2 fully saturated rings. The molecule has 146 valence electrons. The Balaban J connectivity index is 0.00000312. The van der Waals surface area contributed by atoms with E-state index in [9.17, 15) is 4.79 Å². The van der Waals surface area contributed by atoms with Crippen LogP contribution in [0.25, 0.3) is 0 Å². The summed E-state index contributed by atoms with van der Waals surface area (Å²) >= 11 is 0. The van der Waals surface area contributed by atoms with Crippen LogP contribution >= 0.6 is 24.0 Å². The van der Waals surface area contributed by atoms with Crippen LogP contribution in [0.3, 0.4) is 0 Å². The number of likely N-dealkylation sites (tertiary alicyclic amines) is 1. The molecule has 0 amide bonds. The van der Waals surface area contributed by atoms with Gasteiger partial charge in [-0.2, -0.15) is 0 Å². The van der Waals surface area contributed by atoms with Crippen LogP contribution < -0.4 is 10.6 Å². The van der Waals surface area contributed by atoms with Crippen molar-refractivity contribution >= 4 is 35.9 Å². The van der Waals surface area contributed by atoms with Crippen molar-refractivity contribution in [1.29, 1.82) is 0 Å². The van der Waals surface area contributed by atoms with Crippen molar-refractivity contribution in [2.45, 2.75) is 51.5 Å². The van der Waals surface area contributed by atoms with Crippen LogP contribution in [0.1, 0.15) is 45.4 Å². The molecule has 1 aliphatic heterocycles. The monoisotopic (exact) mass is 466 g/mol. The molecule has 2 rings (SSSR count). The van der Waals surface area contributed by atoms with Gasteiger partial charge in [-0.3, -0.25) is 9.79 Å². The number of rotatable bonds is 5. The highest BCUT2D eigenvalue weighted by molar-refractivity contribution is 14.0. The van der Waals surface area contributed by atoms with Gasteiger partial charge in [0, 0.05) is 26.2 Å². The largest absolute Gasteiger partial charge is 0.466 e.